The van der Waals surface area contributed by atoms with Gasteiger partial charge in [0, 0.05) is 6.04 Å². The van der Waals surface area contributed by atoms with E-state index in [1.165, 1.54) is 0 Å². The highest BCUT2D eigenvalue weighted by Gasteiger charge is 2.19. The topological polar surface area (TPSA) is 56.1 Å². The molecule has 0 fully saturated rings. The summed E-state index contributed by atoms with van der Waals surface area (Å²) in [5, 5.41) is 11.5. The van der Waals surface area contributed by atoms with E-state index in [4.69, 9.17) is 5.26 Å². The third-order valence-corrected chi connectivity index (χ3v) is 3.00. The van der Waals surface area contributed by atoms with E-state index < -0.39 is 0 Å². The van der Waals surface area contributed by atoms with Gasteiger partial charge in [-0.05, 0) is 31.2 Å². The molecule has 4 heteroatoms. The Morgan fingerprint density at radius 1 is 1.10 bits per heavy atom. The number of anilines is 2. The zero-order chi connectivity index (χ0) is 15.1. The molecule has 0 aliphatic carbocycles. The first-order valence-corrected chi connectivity index (χ1v) is 6.80. The Morgan fingerprint density at radius 3 is 2.00 bits per heavy atom. The second kappa shape index (κ2) is 7.11. The molecule has 2 aromatic rings. The van der Waals surface area contributed by atoms with Crippen molar-refractivity contribution in [2.24, 2.45) is 0 Å². The van der Waals surface area contributed by atoms with Gasteiger partial charge in [-0.3, -0.25) is 4.90 Å². The second-order valence-corrected chi connectivity index (χ2v) is 4.72. The molecule has 4 nitrogen and oxygen atoms in total. The Morgan fingerprint density at radius 2 is 1.57 bits per heavy atom. The quantitative estimate of drug-likeness (QED) is 0.924. The van der Waals surface area contributed by atoms with E-state index in [1.54, 1.807) is 4.90 Å². The fourth-order valence-electron chi connectivity index (χ4n) is 2.00. The van der Waals surface area contributed by atoms with Crippen LogP contribution < -0.4 is 10.2 Å². The lowest BCUT2D eigenvalue weighted by Crippen LogP contribution is -2.41. The molecule has 0 heterocycles. The van der Waals surface area contributed by atoms with E-state index >= 15 is 0 Å². The molecule has 0 aliphatic rings. The van der Waals surface area contributed by atoms with Crippen LogP contribution in [0.15, 0.2) is 60.7 Å². The fourth-order valence-corrected chi connectivity index (χ4v) is 2.00. The van der Waals surface area contributed by atoms with Gasteiger partial charge >= 0.3 is 6.03 Å². The molecular formula is C17H17N3O. The zero-order valence-electron chi connectivity index (χ0n) is 11.9. The largest absolute Gasteiger partial charge is 0.334 e. The van der Waals surface area contributed by atoms with E-state index in [0.717, 1.165) is 11.4 Å². The molecule has 2 rings (SSSR count). The molecule has 0 aliphatic heterocycles. The molecule has 0 radical (unpaired) electrons. The number of amides is 2. The first kappa shape index (κ1) is 14.6. The van der Waals surface area contributed by atoms with Gasteiger partial charge in [-0.25, -0.2) is 4.79 Å². The smallest absolute Gasteiger partial charge is 0.326 e. The van der Waals surface area contributed by atoms with Crippen molar-refractivity contribution in [3.63, 3.8) is 0 Å². The molecule has 0 unspecified atom stereocenters. The molecule has 106 valence electrons. The highest BCUT2D eigenvalue weighted by Crippen LogP contribution is 2.24. The van der Waals surface area contributed by atoms with E-state index in [1.807, 2.05) is 67.6 Å². The summed E-state index contributed by atoms with van der Waals surface area (Å²) in [7, 11) is 0. The maximum Gasteiger partial charge on any atom is 0.326 e. The Hall–Kier alpha value is -2.80. The summed E-state index contributed by atoms with van der Waals surface area (Å²) in [5.41, 5.74) is 1.57. The van der Waals surface area contributed by atoms with Gasteiger partial charge in [0.15, 0.2) is 0 Å². The molecule has 21 heavy (non-hydrogen) atoms. The molecule has 2 amide bonds. The first-order chi connectivity index (χ1) is 10.2. The number of benzene rings is 2. The molecule has 0 aromatic heterocycles. The number of nitrogens with zero attached hydrogens (tertiary/aromatic N) is 2. The van der Waals surface area contributed by atoms with Crippen molar-refractivity contribution in [3.05, 3.63) is 60.7 Å². The van der Waals surface area contributed by atoms with Crippen molar-refractivity contribution in [3.8, 4) is 6.07 Å². The fraction of sp³-hybridized carbons (Fsp3) is 0.176. The highest BCUT2D eigenvalue weighted by molar-refractivity contribution is 5.99. The number of para-hydroxylation sites is 2. The third kappa shape index (κ3) is 3.83. The van der Waals surface area contributed by atoms with Crippen LogP contribution in [0.5, 0.6) is 0 Å². The van der Waals surface area contributed by atoms with Gasteiger partial charge in [0.25, 0.3) is 0 Å². The number of nitriles is 1. The van der Waals surface area contributed by atoms with Gasteiger partial charge in [-0.15, -0.1) is 0 Å². The van der Waals surface area contributed by atoms with Gasteiger partial charge in [0.05, 0.1) is 23.9 Å². The SMILES string of the molecule is C[C@@H](CC#N)NC(=O)N(c1ccccc1)c1ccccc1. The summed E-state index contributed by atoms with van der Waals surface area (Å²) in [6.07, 6.45) is 0.281. The van der Waals surface area contributed by atoms with Crippen molar-refractivity contribution in [2.75, 3.05) is 4.90 Å². The molecular weight excluding hydrogens is 262 g/mol. The van der Waals surface area contributed by atoms with Crippen LogP contribution in [0.1, 0.15) is 13.3 Å². The predicted molar refractivity (Wildman–Crippen MR) is 83.2 cm³/mol. The van der Waals surface area contributed by atoms with Crippen LogP contribution in [0.4, 0.5) is 16.2 Å². The number of hydrogen-bond donors (Lipinski definition) is 1. The van der Waals surface area contributed by atoms with Crippen LogP contribution in [0, 0.1) is 11.3 Å². The van der Waals surface area contributed by atoms with Crippen LogP contribution in [-0.2, 0) is 0 Å². The van der Waals surface area contributed by atoms with Gasteiger partial charge in [0.2, 0.25) is 0 Å². The zero-order valence-corrected chi connectivity index (χ0v) is 11.9. The normalized spacial score (nSPS) is 11.2. The van der Waals surface area contributed by atoms with E-state index in [2.05, 4.69) is 11.4 Å². The highest BCUT2D eigenvalue weighted by atomic mass is 16.2. The maximum absolute atomic E-state index is 12.5. The maximum atomic E-state index is 12.5. The molecule has 1 N–H and O–H groups in total. The number of carbonyl (C=O) groups is 1. The average molecular weight is 279 g/mol. The lowest BCUT2D eigenvalue weighted by molar-refractivity contribution is 0.245. The van der Waals surface area contributed by atoms with Crippen molar-refractivity contribution in [1.29, 1.82) is 5.26 Å². The summed E-state index contributed by atoms with van der Waals surface area (Å²) in [4.78, 5) is 14.1. The Labute approximate surface area is 124 Å². The minimum Gasteiger partial charge on any atom is -0.334 e. The van der Waals surface area contributed by atoms with Crippen molar-refractivity contribution in [1.82, 2.24) is 5.32 Å². The summed E-state index contributed by atoms with van der Waals surface area (Å²) in [5.74, 6) is 0. The second-order valence-electron chi connectivity index (χ2n) is 4.72. The molecule has 1 atom stereocenters. The van der Waals surface area contributed by atoms with Gasteiger partial charge in [-0.1, -0.05) is 36.4 Å². The van der Waals surface area contributed by atoms with Crippen LogP contribution in [0.2, 0.25) is 0 Å². The van der Waals surface area contributed by atoms with Crippen LogP contribution in [-0.4, -0.2) is 12.1 Å². The molecule has 0 saturated heterocycles. The third-order valence-electron chi connectivity index (χ3n) is 3.00. The molecule has 0 bridgehead atoms. The van der Waals surface area contributed by atoms with Crippen LogP contribution >= 0.6 is 0 Å². The Kier molecular flexibility index (Phi) is 4.94. The number of hydrogen-bond acceptors (Lipinski definition) is 2. The van der Waals surface area contributed by atoms with Crippen molar-refractivity contribution in [2.45, 2.75) is 19.4 Å². The minimum atomic E-state index is -0.241. The summed E-state index contributed by atoms with van der Waals surface area (Å²) in [6.45, 7) is 1.81. The lowest BCUT2D eigenvalue weighted by atomic mass is 10.2. The van der Waals surface area contributed by atoms with Crippen molar-refractivity contribution < 1.29 is 4.79 Å². The number of urea groups is 1. The Bertz CT molecular complexity index is 580. The van der Waals surface area contributed by atoms with E-state index in [0.29, 0.717) is 0 Å². The summed E-state index contributed by atoms with van der Waals surface area (Å²) < 4.78 is 0. The van der Waals surface area contributed by atoms with E-state index in [9.17, 15) is 4.79 Å². The van der Waals surface area contributed by atoms with E-state index in [-0.39, 0.29) is 18.5 Å². The van der Waals surface area contributed by atoms with Gasteiger partial charge < -0.3 is 5.32 Å². The van der Waals surface area contributed by atoms with Crippen LogP contribution in [0.25, 0.3) is 0 Å². The molecule has 2 aromatic carbocycles. The molecule has 0 spiro atoms. The number of carbonyl (C=O) groups excluding carboxylic acids is 1. The standard InChI is InChI=1S/C17H17N3O/c1-14(12-13-18)19-17(21)20(15-8-4-2-5-9-15)16-10-6-3-7-11-16/h2-11,14H,12H2,1H3,(H,19,21)/t14-/m0/s1. The number of nitrogens with one attached hydrogen (secondary N) is 1. The lowest BCUT2D eigenvalue weighted by Gasteiger charge is -2.24. The summed E-state index contributed by atoms with van der Waals surface area (Å²) >= 11 is 0. The predicted octanol–water partition coefficient (Wildman–Crippen LogP) is 3.84. The van der Waals surface area contributed by atoms with Crippen molar-refractivity contribution >= 4 is 17.4 Å². The van der Waals surface area contributed by atoms with Crippen LogP contribution in [0.3, 0.4) is 0 Å². The summed E-state index contributed by atoms with van der Waals surface area (Å²) in [6, 6.07) is 20.5. The monoisotopic (exact) mass is 279 g/mol. The van der Waals surface area contributed by atoms with Gasteiger partial charge in [-0.2, -0.15) is 5.26 Å². The molecule has 0 saturated carbocycles. The Balaban J connectivity index is 2.29. The average Bonchev–Trinajstić information content (AvgIpc) is 2.50. The van der Waals surface area contributed by atoms with Gasteiger partial charge in [0.1, 0.15) is 0 Å². The first-order valence-electron chi connectivity index (χ1n) is 6.80. The minimum absolute atomic E-state index is 0.197. The number of rotatable bonds is 4.